The van der Waals surface area contributed by atoms with E-state index in [1.807, 2.05) is 19.6 Å². The summed E-state index contributed by atoms with van der Waals surface area (Å²) in [6, 6.07) is 0. The molecule has 0 unspecified atom stereocenters. The van der Waals surface area contributed by atoms with E-state index in [9.17, 15) is 0 Å². The van der Waals surface area contributed by atoms with Gasteiger partial charge in [-0.2, -0.15) is 0 Å². The maximum absolute atomic E-state index is 5.96. The second kappa shape index (κ2) is 137. The second-order valence-corrected chi connectivity index (χ2v) is 0. The summed E-state index contributed by atoms with van der Waals surface area (Å²) in [6.45, 7) is 4.00. The van der Waals surface area contributed by atoms with Crippen molar-refractivity contribution in [2.45, 2.75) is 13.8 Å². The van der Waals surface area contributed by atoms with Crippen molar-refractivity contribution in [3.63, 3.8) is 0 Å². The largest absolute Gasteiger partial charge is 0.358 e. The first-order valence-corrected chi connectivity index (χ1v) is 1.50. The van der Waals surface area contributed by atoms with Crippen molar-refractivity contribution < 1.29 is 34.1 Å². The fraction of sp³-hybridized carbons (Fsp3) is 0.750. The zero-order valence-corrected chi connectivity index (χ0v) is 7.92. The Morgan fingerprint density at radius 1 is 1.50 bits per heavy atom. The molecule has 0 aromatic carbocycles. The summed E-state index contributed by atoms with van der Waals surface area (Å²) < 4.78 is 5.96. The molecule has 0 atom stereocenters. The van der Waals surface area contributed by atoms with Crippen molar-refractivity contribution in [3.8, 4) is 0 Å². The first kappa shape index (κ1) is 15.7. The minimum absolute atomic E-state index is 0. The Bertz CT molecular complexity index is 11.7. The average molecular weight is 166 g/mol. The van der Waals surface area contributed by atoms with E-state index in [1.54, 1.807) is 7.05 Å². The van der Waals surface area contributed by atoms with Crippen molar-refractivity contribution in [3.05, 3.63) is 7.43 Å². The summed E-state index contributed by atoms with van der Waals surface area (Å²) in [5.74, 6) is 0. The molecule has 1 nitrogen and oxygen atoms in total. The van der Waals surface area contributed by atoms with E-state index in [0.717, 1.165) is 0 Å². The quantitative estimate of drug-likeness (QED) is 0.535. The molecule has 2 N–H and O–H groups in total. The molecule has 0 fully saturated rings. The second-order valence-electron chi connectivity index (χ2n) is 0. The molecule has 0 heterocycles. The van der Waals surface area contributed by atoms with Crippen molar-refractivity contribution in [1.29, 1.82) is 0 Å². The smallest absolute Gasteiger partial charge is 0.118 e. The molecule has 0 amide bonds. The van der Waals surface area contributed by atoms with Gasteiger partial charge in [-0.15, -0.1) is 0 Å². The topological polar surface area (TPSA) is 26.0 Å². The minimum Gasteiger partial charge on any atom is -0.358 e. The van der Waals surface area contributed by atoms with E-state index in [1.165, 1.54) is 0 Å². The van der Waals surface area contributed by atoms with Gasteiger partial charge in [0, 0.05) is 32.7 Å². The summed E-state index contributed by atoms with van der Waals surface area (Å²) in [7, 11) is 1.54. The van der Waals surface area contributed by atoms with Crippen LogP contribution in [-0.2, 0) is 32.7 Å². The zero-order chi connectivity index (χ0) is 4.71. The van der Waals surface area contributed by atoms with Crippen LogP contribution in [0.3, 0.4) is 0 Å². The van der Waals surface area contributed by atoms with Crippen LogP contribution in [0.15, 0.2) is 0 Å². The van der Waals surface area contributed by atoms with Crippen LogP contribution in [0.5, 0.6) is 0 Å². The molecule has 0 rings (SSSR count). The van der Waals surface area contributed by atoms with Gasteiger partial charge in [-0.05, 0) is 7.05 Å². The average Bonchev–Trinajstić information content (AvgIpc) is 1.46. The first-order valence-electron chi connectivity index (χ1n) is 2.00. The van der Waals surface area contributed by atoms with E-state index < -0.39 is 0 Å². The molecule has 39 valence electrons. The van der Waals surface area contributed by atoms with Gasteiger partial charge in [0.15, 0.2) is 0 Å². The predicted octanol–water partition coefficient (Wildman–Crippen LogP) is 1.05. The molecule has 0 aromatic heterocycles. The molecular formula is C4H14NY-. The van der Waals surface area contributed by atoms with Gasteiger partial charge < -0.3 is 13.2 Å². The van der Waals surface area contributed by atoms with Gasteiger partial charge in [-0.1, -0.05) is 13.8 Å². The molecule has 2 heteroatoms. The normalized spacial score (nSPS) is 4.17. The van der Waals surface area contributed by atoms with Crippen LogP contribution in [0.4, 0.5) is 0 Å². The van der Waals surface area contributed by atoms with Crippen molar-refractivity contribution in [2.75, 3.05) is 7.05 Å². The molecular weight excluding hydrogens is 151 g/mol. The molecule has 0 aliphatic carbocycles. The van der Waals surface area contributed by atoms with E-state index in [4.69, 9.17) is 1.41 Å². The van der Waals surface area contributed by atoms with Crippen LogP contribution in [0.25, 0.3) is 0 Å². The van der Waals surface area contributed by atoms with Gasteiger partial charge >= 0.3 is 0 Å². The molecule has 0 saturated heterocycles. The van der Waals surface area contributed by atoms with Crippen LogP contribution in [0.1, 0.15) is 13.8 Å². The van der Waals surface area contributed by atoms with Crippen LogP contribution < -0.4 is 5.73 Å². The third-order valence-electron chi connectivity index (χ3n) is 0. The third-order valence-corrected chi connectivity index (χ3v) is 0. The Morgan fingerprint density at radius 3 is 1.50 bits per heavy atom. The molecule has 0 aliphatic heterocycles. The van der Waals surface area contributed by atoms with Gasteiger partial charge in [0.25, 0.3) is 0 Å². The fourth-order valence-corrected chi connectivity index (χ4v) is 0. The maximum Gasteiger partial charge on any atom is 0.118 e. The number of rotatable bonds is 0. The zero-order valence-electron chi connectivity index (χ0n) is 6.08. The van der Waals surface area contributed by atoms with Crippen LogP contribution in [0, 0.1) is 7.43 Å². The summed E-state index contributed by atoms with van der Waals surface area (Å²) in [5, 5.41) is 0. The Balaban J connectivity index is -0.0000000105. The van der Waals surface area contributed by atoms with Crippen LogP contribution in [0.2, 0.25) is 1.41 Å². The Kier molecular flexibility index (Phi) is 360. The Labute approximate surface area is 68.0 Å². The van der Waals surface area contributed by atoms with Crippen molar-refractivity contribution >= 4 is 0 Å². The summed E-state index contributed by atoms with van der Waals surface area (Å²) >= 11 is 0. The molecule has 0 saturated carbocycles. The molecule has 0 spiro atoms. The van der Waals surface area contributed by atoms with E-state index in [2.05, 4.69) is 0 Å². The van der Waals surface area contributed by atoms with Gasteiger partial charge in [-0.3, -0.25) is 0 Å². The SMILES string of the molecule is CC.[2H]NC.[CH3-].[Y]. The van der Waals surface area contributed by atoms with Crippen LogP contribution >= 0.6 is 0 Å². The number of nitrogens with two attached hydrogens (primary N) is 1. The van der Waals surface area contributed by atoms with E-state index in [0.29, 0.717) is 0 Å². The van der Waals surface area contributed by atoms with Gasteiger partial charge in [0.05, 0.1) is 0 Å². The Morgan fingerprint density at radius 2 is 1.50 bits per heavy atom. The third kappa shape index (κ3) is 73.9. The fourth-order valence-electron chi connectivity index (χ4n) is 0. The number of hydrogen-bond acceptors (Lipinski definition) is 1. The van der Waals surface area contributed by atoms with E-state index >= 15 is 0 Å². The number of hydrogen-bond donors (Lipinski definition) is 1. The molecule has 6 heavy (non-hydrogen) atoms. The Hall–Kier alpha value is 1.06. The van der Waals surface area contributed by atoms with Crippen molar-refractivity contribution in [2.24, 2.45) is 5.73 Å². The van der Waals surface area contributed by atoms with Gasteiger partial charge in [0.2, 0.25) is 0 Å². The standard InChI is InChI=1S/C2H6.CH5N.CH3.Y/c2*1-2;;/h1-2H3;2H2,1H3;1H3;/q;;-1;/i/hD. The van der Waals surface area contributed by atoms with Gasteiger partial charge in [0.1, 0.15) is 1.41 Å². The predicted molar refractivity (Wildman–Crippen MR) is 27.9 cm³/mol. The van der Waals surface area contributed by atoms with E-state index in [-0.39, 0.29) is 40.1 Å². The molecule has 0 aliphatic rings. The monoisotopic (exact) mass is 166 g/mol. The van der Waals surface area contributed by atoms with Crippen molar-refractivity contribution in [1.82, 2.24) is 0 Å². The molecule has 0 bridgehead atoms. The molecule has 1 radical (unpaired) electrons. The first-order chi connectivity index (χ1) is 2.41. The van der Waals surface area contributed by atoms with Gasteiger partial charge in [-0.25, -0.2) is 0 Å². The summed E-state index contributed by atoms with van der Waals surface area (Å²) in [6.07, 6.45) is 0. The summed E-state index contributed by atoms with van der Waals surface area (Å²) in [4.78, 5) is 0. The maximum atomic E-state index is 5.96. The van der Waals surface area contributed by atoms with Crippen LogP contribution in [-0.4, -0.2) is 7.05 Å². The summed E-state index contributed by atoms with van der Waals surface area (Å²) in [5.41, 5.74) is 2.00. The molecule has 0 aromatic rings. The minimum atomic E-state index is 0.